The summed E-state index contributed by atoms with van der Waals surface area (Å²) in [5.41, 5.74) is 3.54. The van der Waals surface area contributed by atoms with Crippen molar-refractivity contribution in [3.8, 4) is 0 Å². The molecule has 1 atom stereocenters. The number of nitrogens with zero attached hydrogens (tertiary/aromatic N) is 2. The van der Waals surface area contributed by atoms with Crippen molar-refractivity contribution in [1.29, 1.82) is 0 Å². The molecule has 1 aromatic heterocycles. The van der Waals surface area contributed by atoms with Gasteiger partial charge in [0.25, 0.3) is 0 Å². The molecule has 0 saturated heterocycles. The summed E-state index contributed by atoms with van der Waals surface area (Å²) in [7, 11) is 0. The summed E-state index contributed by atoms with van der Waals surface area (Å²) >= 11 is 6.30. The van der Waals surface area contributed by atoms with Crippen LogP contribution >= 0.6 is 11.6 Å². The molecule has 0 bridgehead atoms. The van der Waals surface area contributed by atoms with Gasteiger partial charge < -0.3 is 0 Å². The molecule has 0 spiro atoms. The molecule has 0 aliphatic rings. The number of hydrogen-bond acceptors (Lipinski definition) is 1. The lowest BCUT2D eigenvalue weighted by molar-refractivity contribution is 0.505. The fourth-order valence-electron chi connectivity index (χ4n) is 2.33. The second-order valence-electron chi connectivity index (χ2n) is 4.87. The van der Waals surface area contributed by atoms with Gasteiger partial charge in [-0.1, -0.05) is 13.0 Å². The monoisotopic (exact) mass is 298 g/mol. The Morgan fingerprint density at radius 2 is 1.95 bits per heavy atom. The summed E-state index contributed by atoms with van der Waals surface area (Å²) < 4.78 is 27.9. The first kappa shape index (κ1) is 15.0. The van der Waals surface area contributed by atoms with Crippen LogP contribution in [0.1, 0.15) is 41.2 Å². The number of alkyl halides is 1. The number of rotatable bonds is 4. The third kappa shape index (κ3) is 2.85. The minimum absolute atomic E-state index is 0.0753. The number of benzene rings is 1. The van der Waals surface area contributed by atoms with Gasteiger partial charge in [0.05, 0.1) is 17.6 Å². The summed E-state index contributed by atoms with van der Waals surface area (Å²) in [6.07, 6.45) is 0.820. The Bertz CT molecular complexity index is 623. The van der Waals surface area contributed by atoms with E-state index in [1.165, 1.54) is 6.07 Å². The van der Waals surface area contributed by atoms with Crippen molar-refractivity contribution in [2.45, 2.75) is 39.1 Å². The molecule has 0 aliphatic carbocycles. The molecule has 0 saturated carbocycles. The Balaban J connectivity index is 2.32. The van der Waals surface area contributed by atoms with E-state index in [-0.39, 0.29) is 5.38 Å². The maximum atomic E-state index is 13.2. The smallest absolute Gasteiger partial charge is 0.159 e. The molecule has 108 valence electrons. The molecule has 0 fully saturated rings. The highest BCUT2D eigenvalue weighted by Crippen LogP contribution is 2.29. The molecular weight excluding hydrogens is 282 g/mol. The number of halogens is 3. The summed E-state index contributed by atoms with van der Waals surface area (Å²) in [5, 5.41) is 4.37. The second kappa shape index (κ2) is 5.92. The first-order valence-electron chi connectivity index (χ1n) is 6.56. The SMILES string of the molecule is CCC(Cl)c1c(C)nn(Cc2ccc(F)c(F)c2)c1C. The third-order valence-corrected chi connectivity index (χ3v) is 3.95. The number of hydrogen-bond donors (Lipinski definition) is 0. The van der Waals surface area contributed by atoms with Crippen LogP contribution in [0.3, 0.4) is 0 Å². The average molecular weight is 299 g/mol. The van der Waals surface area contributed by atoms with E-state index in [4.69, 9.17) is 11.6 Å². The Morgan fingerprint density at radius 1 is 1.25 bits per heavy atom. The van der Waals surface area contributed by atoms with E-state index in [0.717, 1.165) is 29.4 Å². The fraction of sp³-hybridized carbons (Fsp3) is 0.400. The van der Waals surface area contributed by atoms with Gasteiger partial charge in [0, 0.05) is 11.3 Å². The zero-order valence-corrected chi connectivity index (χ0v) is 12.5. The van der Waals surface area contributed by atoms with E-state index in [0.29, 0.717) is 12.1 Å². The van der Waals surface area contributed by atoms with Crippen molar-refractivity contribution in [3.63, 3.8) is 0 Å². The minimum Gasteiger partial charge on any atom is -0.265 e. The zero-order valence-electron chi connectivity index (χ0n) is 11.8. The molecule has 5 heteroatoms. The van der Waals surface area contributed by atoms with E-state index >= 15 is 0 Å². The molecular formula is C15H17ClF2N2. The highest BCUT2D eigenvalue weighted by Gasteiger charge is 2.18. The van der Waals surface area contributed by atoms with Crippen LogP contribution in [0.5, 0.6) is 0 Å². The van der Waals surface area contributed by atoms with Crippen LogP contribution in [0.2, 0.25) is 0 Å². The van der Waals surface area contributed by atoms with E-state index in [9.17, 15) is 8.78 Å². The van der Waals surface area contributed by atoms with Crippen LogP contribution in [0, 0.1) is 25.5 Å². The van der Waals surface area contributed by atoms with Crippen LogP contribution in [-0.4, -0.2) is 9.78 Å². The van der Waals surface area contributed by atoms with Crippen molar-refractivity contribution in [2.75, 3.05) is 0 Å². The maximum absolute atomic E-state index is 13.2. The average Bonchev–Trinajstić information content (AvgIpc) is 2.68. The number of aromatic nitrogens is 2. The van der Waals surface area contributed by atoms with Crippen LogP contribution < -0.4 is 0 Å². The standard InChI is InChI=1S/C15H17ClF2N2/c1-4-12(16)15-9(2)19-20(10(15)3)8-11-5-6-13(17)14(18)7-11/h5-7,12H,4,8H2,1-3H3. The van der Waals surface area contributed by atoms with Crippen LogP contribution in [0.4, 0.5) is 8.78 Å². The largest absolute Gasteiger partial charge is 0.265 e. The lowest BCUT2D eigenvalue weighted by Gasteiger charge is -2.09. The van der Waals surface area contributed by atoms with Gasteiger partial charge in [0.15, 0.2) is 11.6 Å². The normalized spacial score (nSPS) is 12.7. The van der Waals surface area contributed by atoms with Crippen molar-refractivity contribution < 1.29 is 8.78 Å². The predicted octanol–water partition coefficient (Wildman–Crippen LogP) is 4.52. The molecule has 2 rings (SSSR count). The Kier molecular flexibility index (Phi) is 4.43. The van der Waals surface area contributed by atoms with Gasteiger partial charge >= 0.3 is 0 Å². The highest BCUT2D eigenvalue weighted by molar-refractivity contribution is 6.20. The van der Waals surface area contributed by atoms with E-state index < -0.39 is 11.6 Å². The quantitative estimate of drug-likeness (QED) is 0.759. The summed E-state index contributed by atoms with van der Waals surface area (Å²) in [6.45, 7) is 6.27. The summed E-state index contributed by atoms with van der Waals surface area (Å²) in [5.74, 6) is -1.68. The van der Waals surface area contributed by atoms with Crippen LogP contribution in [0.15, 0.2) is 18.2 Å². The molecule has 0 radical (unpaired) electrons. The first-order chi connectivity index (χ1) is 9.43. The molecule has 1 unspecified atom stereocenters. The first-order valence-corrected chi connectivity index (χ1v) is 6.99. The molecule has 2 aromatic rings. The van der Waals surface area contributed by atoms with Gasteiger partial charge in [-0.2, -0.15) is 5.10 Å². The fourth-order valence-corrected chi connectivity index (χ4v) is 2.65. The molecule has 1 heterocycles. The van der Waals surface area contributed by atoms with Gasteiger partial charge in [0.2, 0.25) is 0 Å². The van der Waals surface area contributed by atoms with Crippen molar-refractivity contribution in [3.05, 3.63) is 52.3 Å². The van der Waals surface area contributed by atoms with E-state index in [1.54, 1.807) is 10.7 Å². The summed E-state index contributed by atoms with van der Waals surface area (Å²) in [4.78, 5) is 0. The van der Waals surface area contributed by atoms with E-state index in [2.05, 4.69) is 5.10 Å². The molecule has 2 nitrogen and oxygen atoms in total. The molecule has 1 aromatic carbocycles. The predicted molar refractivity (Wildman–Crippen MR) is 76.0 cm³/mol. The third-order valence-electron chi connectivity index (χ3n) is 3.43. The number of aryl methyl sites for hydroxylation is 1. The van der Waals surface area contributed by atoms with Crippen LogP contribution in [-0.2, 0) is 6.54 Å². The lowest BCUT2D eigenvalue weighted by Crippen LogP contribution is -2.05. The van der Waals surface area contributed by atoms with Gasteiger partial charge in [-0.25, -0.2) is 8.78 Å². The van der Waals surface area contributed by atoms with Gasteiger partial charge in [-0.05, 0) is 38.0 Å². The zero-order chi connectivity index (χ0) is 14.9. The molecule has 0 N–H and O–H groups in total. The van der Waals surface area contributed by atoms with Crippen molar-refractivity contribution >= 4 is 11.6 Å². The van der Waals surface area contributed by atoms with E-state index in [1.807, 2.05) is 20.8 Å². The van der Waals surface area contributed by atoms with Crippen molar-refractivity contribution in [1.82, 2.24) is 9.78 Å². The minimum atomic E-state index is -0.840. The molecule has 20 heavy (non-hydrogen) atoms. The maximum Gasteiger partial charge on any atom is 0.159 e. The van der Waals surface area contributed by atoms with Gasteiger partial charge in [-0.3, -0.25) is 4.68 Å². The highest BCUT2D eigenvalue weighted by atomic mass is 35.5. The Morgan fingerprint density at radius 3 is 2.55 bits per heavy atom. The molecule has 0 amide bonds. The lowest BCUT2D eigenvalue weighted by atomic mass is 10.1. The van der Waals surface area contributed by atoms with Crippen LogP contribution in [0.25, 0.3) is 0 Å². The molecule has 0 aliphatic heterocycles. The van der Waals surface area contributed by atoms with Gasteiger partial charge in [-0.15, -0.1) is 11.6 Å². The second-order valence-corrected chi connectivity index (χ2v) is 5.39. The summed E-state index contributed by atoms with van der Waals surface area (Å²) in [6, 6.07) is 3.89. The Labute approximate surface area is 122 Å². The topological polar surface area (TPSA) is 17.8 Å². The Hall–Kier alpha value is -1.42. The van der Waals surface area contributed by atoms with Gasteiger partial charge in [0.1, 0.15) is 0 Å². The van der Waals surface area contributed by atoms with Crippen molar-refractivity contribution in [2.24, 2.45) is 0 Å².